The molecule has 3 unspecified atom stereocenters. The van der Waals surface area contributed by atoms with Gasteiger partial charge >= 0.3 is 0 Å². The van der Waals surface area contributed by atoms with Crippen LogP contribution >= 0.6 is 12.4 Å². The molecule has 1 aromatic rings. The number of rotatable bonds is 0. The molecule has 2 heteroatoms. The second-order valence-corrected chi connectivity index (χ2v) is 4.84. The van der Waals surface area contributed by atoms with E-state index in [0.717, 1.165) is 11.8 Å². The van der Waals surface area contributed by atoms with Gasteiger partial charge < -0.3 is 5.73 Å². The van der Waals surface area contributed by atoms with Gasteiger partial charge in [0.05, 0.1) is 0 Å². The van der Waals surface area contributed by atoms with Gasteiger partial charge in [-0.1, -0.05) is 24.3 Å². The maximum absolute atomic E-state index is 6.14. The van der Waals surface area contributed by atoms with Gasteiger partial charge in [0.15, 0.2) is 0 Å². The van der Waals surface area contributed by atoms with Crippen molar-refractivity contribution >= 4 is 12.4 Å². The van der Waals surface area contributed by atoms with E-state index in [2.05, 4.69) is 24.3 Å². The van der Waals surface area contributed by atoms with Crippen LogP contribution in [0.5, 0.6) is 0 Å². The molecule has 15 heavy (non-hydrogen) atoms. The molecule has 0 amide bonds. The highest BCUT2D eigenvalue weighted by molar-refractivity contribution is 5.85. The minimum atomic E-state index is 0. The summed E-state index contributed by atoms with van der Waals surface area (Å²) in [7, 11) is 0. The Hall–Kier alpha value is -0.530. The Morgan fingerprint density at radius 3 is 2.80 bits per heavy atom. The molecule has 0 radical (unpaired) electrons. The number of benzene rings is 1. The lowest BCUT2D eigenvalue weighted by Crippen LogP contribution is -2.39. The standard InChI is InChI=1S/C13H17N.ClH/c14-13-6-5-10-8-11(13)7-9-3-1-2-4-12(9)10;/h1-4,10-11,13H,5-8,14H2;1H. The van der Waals surface area contributed by atoms with Gasteiger partial charge in [-0.3, -0.25) is 0 Å². The molecular weight excluding hydrogens is 206 g/mol. The zero-order chi connectivity index (χ0) is 9.54. The maximum Gasteiger partial charge on any atom is 0.00707 e. The maximum atomic E-state index is 6.14. The summed E-state index contributed by atoms with van der Waals surface area (Å²) in [5.74, 6) is 1.56. The largest absolute Gasteiger partial charge is 0.327 e. The van der Waals surface area contributed by atoms with Crippen LogP contribution in [-0.2, 0) is 6.42 Å². The predicted molar refractivity (Wildman–Crippen MR) is 65.5 cm³/mol. The minimum Gasteiger partial charge on any atom is -0.327 e. The van der Waals surface area contributed by atoms with Crippen molar-refractivity contribution in [2.75, 3.05) is 0 Å². The quantitative estimate of drug-likeness (QED) is 0.719. The SMILES string of the molecule is Cl.NC1CCC2CC1Cc1ccccc12. The smallest absolute Gasteiger partial charge is 0.00707 e. The second kappa shape index (κ2) is 4.15. The van der Waals surface area contributed by atoms with Gasteiger partial charge in [0.2, 0.25) is 0 Å². The molecule has 2 bridgehead atoms. The van der Waals surface area contributed by atoms with Crippen LogP contribution in [0.3, 0.4) is 0 Å². The van der Waals surface area contributed by atoms with Crippen molar-refractivity contribution in [3.63, 3.8) is 0 Å². The molecule has 2 aliphatic rings. The van der Waals surface area contributed by atoms with Crippen molar-refractivity contribution in [1.29, 1.82) is 0 Å². The lowest BCUT2D eigenvalue weighted by atomic mass is 9.67. The first-order valence-electron chi connectivity index (χ1n) is 5.68. The summed E-state index contributed by atoms with van der Waals surface area (Å²) >= 11 is 0. The second-order valence-electron chi connectivity index (χ2n) is 4.84. The highest BCUT2D eigenvalue weighted by Crippen LogP contribution is 2.43. The van der Waals surface area contributed by atoms with Gasteiger partial charge in [0, 0.05) is 6.04 Å². The third-order valence-corrected chi connectivity index (χ3v) is 4.02. The summed E-state index contributed by atoms with van der Waals surface area (Å²) in [4.78, 5) is 0. The zero-order valence-electron chi connectivity index (χ0n) is 8.86. The fourth-order valence-corrected chi connectivity index (χ4v) is 3.21. The Bertz CT molecular complexity index is 350. The molecule has 0 spiro atoms. The fraction of sp³-hybridized carbons (Fsp3) is 0.538. The van der Waals surface area contributed by atoms with Crippen LogP contribution in [0.1, 0.15) is 36.3 Å². The molecule has 0 heterocycles. The molecule has 1 aromatic carbocycles. The number of fused-ring (bicyclic) bond motifs is 4. The average Bonchev–Trinajstić information content (AvgIpc) is 2.24. The van der Waals surface area contributed by atoms with Gasteiger partial charge in [0.25, 0.3) is 0 Å². The minimum absolute atomic E-state index is 0. The summed E-state index contributed by atoms with van der Waals surface area (Å²) < 4.78 is 0. The number of hydrogen-bond acceptors (Lipinski definition) is 1. The molecule has 1 nitrogen and oxygen atoms in total. The summed E-state index contributed by atoms with van der Waals surface area (Å²) in [6.07, 6.45) is 5.07. The van der Waals surface area contributed by atoms with Crippen LogP contribution in [-0.4, -0.2) is 6.04 Å². The Morgan fingerprint density at radius 1 is 1.13 bits per heavy atom. The molecule has 3 atom stereocenters. The van der Waals surface area contributed by atoms with Crippen molar-refractivity contribution in [2.24, 2.45) is 11.7 Å². The number of halogens is 1. The van der Waals surface area contributed by atoms with Crippen LogP contribution in [0.15, 0.2) is 24.3 Å². The highest BCUT2D eigenvalue weighted by atomic mass is 35.5. The topological polar surface area (TPSA) is 26.0 Å². The third-order valence-electron chi connectivity index (χ3n) is 4.02. The van der Waals surface area contributed by atoms with Crippen molar-refractivity contribution in [1.82, 2.24) is 0 Å². The first kappa shape index (κ1) is 11.0. The van der Waals surface area contributed by atoms with E-state index in [0.29, 0.717) is 6.04 Å². The summed E-state index contributed by atoms with van der Waals surface area (Å²) in [5, 5.41) is 0. The van der Waals surface area contributed by atoms with Gasteiger partial charge in [-0.05, 0) is 48.6 Å². The van der Waals surface area contributed by atoms with Crippen molar-refractivity contribution < 1.29 is 0 Å². The van der Waals surface area contributed by atoms with E-state index in [1.165, 1.54) is 25.7 Å². The number of hydrogen-bond donors (Lipinski definition) is 1. The van der Waals surface area contributed by atoms with E-state index < -0.39 is 0 Å². The van der Waals surface area contributed by atoms with E-state index >= 15 is 0 Å². The fourth-order valence-electron chi connectivity index (χ4n) is 3.21. The van der Waals surface area contributed by atoms with E-state index in [1.54, 1.807) is 11.1 Å². The van der Waals surface area contributed by atoms with Crippen LogP contribution in [0.2, 0.25) is 0 Å². The number of nitrogens with two attached hydrogens (primary N) is 1. The van der Waals surface area contributed by atoms with Gasteiger partial charge in [-0.2, -0.15) is 0 Å². The van der Waals surface area contributed by atoms with Gasteiger partial charge in [-0.15, -0.1) is 12.4 Å². The molecule has 3 rings (SSSR count). The summed E-state index contributed by atoms with van der Waals surface area (Å²) in [5.41, 5.74) is 9.31. The molecule has 0 saturated heterocycles. The van der Waals surface area contributed by atoms with Crippen molar-refractivity contribution in [2.45, 2.75) is 37.6 Å². The lowest BCUT2D eigenvalue weighted by molar-refractivity contribution is 0.259. The molecule has 0 aliphatic heterocycles. The van der Waals surface area contributed by atoms with E-state index in [4.69, 9.17) is 5.73 Å². The predicted octanol–water partition coefficient (Wildman–Crippen LogP) is 2.88. The average molecular weight is 224 g/mol. The molecule has 1 fully saturated rings. The third kappa shape index (κ3) is 1.79. The zero-order valence-corrected chi connectivity index (χ0v) is 9.67. The Balaban J connectivity index is 0.000000853. The molecular formula is C13H18ClN. The van der Waals surface area contributed by atoms with Crippen molar-refractivity contribution in [3.8, 4) is 0 Å². The summed E-state index contributed by atoms with van der Waals surface area (Å²) in [6, 6.07) is 9.39. The monoisotopic (exact) mass is 223 g/mol. The first-order chi connectivity index (χ1) is 6.84. The van der Waals surface area contributed by atoms with Crippen LogP contribution in [0.4, 0.5) is 0 Å². The normalized spacial score (nSPS) is 32.7. The highest BCUT2D eigenvalue weighted by Gasteiger charge is 2.34. The van der Waals surface area contributed by atoms with E-state index in [9.17, 15) is 0 Å². The van der Waals surface area contributed by atoms with Gasteiger partial charge in [0.1, 0.15) is 0 Å². The molecule has 2 N–H and O–H groups in total. The van der Waals surface area contributed by atoms with E-state index in [1.807, 2.05) is 0 Å². The Kier molecular flexibility index (Phi) is 3.03. The van der Waals surface area contributed by atoms with Crippen LogP contribution in [0.25, 0.3) is 0 Å². The first-order valence-corrected chi connectivity index (χ1v) is 5.68. The Morgan fingerprint density at radius 2 is 1.93 bits per heavy atom. The molecule has 2 aliphatic carbocycles. The molecule has 1 saturated carbocycles. The lowest BCUT2D eigenvalue weighted by Gasteiger charge is -2.39. The van der Waals surface area contributed by atoms with E-state index in [-0.39, 0.29) is 12.4 Å². The summed E-state index contributed by atoms with van der Waals surface area (Å²) in [6.45, 7) is 0. The molecule has 82 valence electrons. The van der Waals surface area contributed by atoms with Crippen LogP contribution in [0, 0.1) is 5.92 Å². The van der Waals surface area contributed by atoms with Crippen LogP contribution < -0.4 is 5.73 Å². The van der Waals surface area contributed by atoms with Crippen molar-refractivity contribution in [3.05, 3.63) is 35.4 Å². The Labute approximate surface area is 97.5 Å². The van der Waals surface area contributed by atoms with Gasteiger partial charge in [-0.25, -0.2) is 0 Å². The molecule has 0 aromatic heterocycles.